The average molecular weight is 163 g/mol. The summed E-state index contributed by atoms with van der Waals surface area (Å²) in [6, 6.07) is 0. The third-order valence-electron chi connectivity index (χ3n) is 0.955. The Kier molecular flexibility index (Phi) is 5.15. The van der Waals surface area contributed by atoms with Gasteiger partial charge in [0, 0.05) is 12.4 Å². The monoisotopic (exact) mass is 163 g/mol. The van der Waals surface area contributed by atoms with Crippen molar-refractivity contribution in [2.24, 2.45) is 22.6 Å². The first kappa shape index (κ1) is 9.58. The van der Waals surface area contributed by atoms with Gasteiger partial charge in [-0.15, -0.1) is 0 Å². The molecular weight excluding hydrogens is 150 g/mol. The molecule has 0 saturated carbocycles. The van der Waals surface area contributed by atoms with Crippen LogP contribution >= 0.6 is 11.8 Å². The van der Waals surface area contributed by atoms with Crippen LogP contribution in [0.25, 0.3) is 0 Å². The maximum Gasteiger partial charge on any atom is 0.177 e. The van der Waals surface area contributed by atoms with Crippen LogP contribution in [0, 0.1) is 5.92 Å². The van der Waals surface area contributed by atoms with Gasteiger partial charge in [0.2, 0.25) is 0 Å². The van der Waals surface area contributed by atoms with Crippen molar-refractivity contribution in [3.05, 3.63) is 0 Å². The van der Waals surface area contributed by atoms with Crippen LogP contribution in [0.2, 0.25) is 0 Å². The van der Waals surface area contributed by atoms with E-state index in [1.165, 1.54) is 11.8 Å². The molecule has 0 spiro atoms. The predicted octanol–water partition coefficient (Wildman–Crippen LogP) is -0.464. The van der Waals surface area contributed by atoms with E-state index in [1.807, 2.05) is 6.92 Å². The van der Waals surface area contributed by atoms with Gasteiger partial charge in [0.15, 0.2) is 5.17 Å². The summed E-state index contributed by atoms with van der Waals surface area (Å²) in [4.78, 5) is 0. The number of aliphatic hydroxyl groups is 1. The summed E-state index contributed by atoms with van der Waals surface area (Å²) >= 11 is 1.35. The maximum absolute atomic E-state index is 8.60. The van der Waals surface area contributed by atoms with E-state index < -0.39 is 0 Å². The number of hydrogen-bond acceptors (Lipinski definition) is 4. The number of thioether (sulfide) groups is 1. The molecule has 60 valence electrons. The molecule has 1 unspecified atom stereocenters. The van der Waals surface area contributed by atoms with Gasteiger partial charge in [-0.1, -0.05) is 18.7 Å². The zero-order valence-corrected chi connectivity index (χ0v) is 6.77. The quantitative estimate of drug-likeness (QED) is 0.227. The minimum absolute atomic E-state index is 0.171. The van der Waals surface area contributed by atoms with Crippen LogP contribution in [0.3, 0.4) is 0 Å². The fraction of sp³-hybridized carbons (Fsp3) is 0.800. The van der Waals surface area contributed by atoms with Gasteiger partial charge >= 0.3 is 0 Å². The Morgan fingerprint density at radius 2 is 2.40 bits per heavy atom. The smallest absolute Gasteiger partial charge is 0.177 e. The second kappa shape index (κ2) is 5.37. The van der Waals surface area contributed by atoms with Gasteiger partial charge in [0.1, 0.15) is 0 Å². The van der Waals surface area contributed by atoms with Crippen LogP contribution in [0.15, 0.2) is 5.10 Å². The highest BCUT2D eigenvalue weighted by Gasteiger charge is 2.00. The maximum atomic E-state index is 8.60. The highest BCUT2D eigenvalue weighted by molar-refractivity contribution is 8.13. The fourth-order valence-corrected chi connectivity index (χ4v) is 0.953. The number of hydrazone groups is 1. The van der Waals surface area contributed by atoms with Crippen molar-refractivity contribution in [1.29, 1.82) is 0 Å². The zero-order valence-electron chi connectivity index (χ0n) is 5.95. The number of aliphatic hydroxyl groups excluding tert-OH is 1. The van der Waals surface area contributed by atoms with E-state index in [-0.39, 0.29) is 12.5 Å². The van der Waals surface area contributed by atoms with Crippen molar-refractivity contribution in [3.63, 3.8) is 0 Å². The summed E-state index contributed by atoms with van der Waals surface area (Å²) in [6.45, 7) is 2.10. The molecule has 5 heteroatoms. The minimum Gasteiger partial charge on any atom is -0.396 e. The summed E-state index contributed by atoms with van der Waals surface area (Å²) in [5, 5.41) is 12.2. The van der Waals surface area contributed by atoms with E-state index >= 15 is 0 Å². The molecule has 0 aromatic rings. The molecular formula is C5H13N3OS. The van der Waals surface area contributed by atoms with Crippen LogP contribution in [0.4, 0.5) is 0 Å². The van der Waals surface area contributed by atoms with Gasteiger partial charge in [0.25, 0.3) is 0 Å². The van der Waals surface area contributed by atoms with E-state index in [0.29, 0.717) is 5.17 Å². The topological polar surface area (TPSA) is 84.6 Å². The average Bonchev–Trinajstić information content (AvgIpc) is 1.99. The second-order valence-corrected chi connectivity index (χ2v) is 3.11. The Bertz CT molecular complexity index is 117. The summed E-state index contributed by atoms with van der Waals surface area (Å²) < 4.78 is 0. The van der Waals surface area contributed by atoms with E-state index in [4.69, 9.17) is 16.7 Å². The van der Waals surface area contributed by atoms with E-state index in [0.717, 1.165) is 5.75 Å². The Morgan fingerprint density at radius 1 is 1.80 bits per heavy atom. The zero-order chi connectivity index (χ0) is 7.98. The summed E-state index contributed by atoms with van der Waals surface area (Å²) in [6.07, 6.45) is 0. The molecule has 0 rings (SSSR count). The van der Waals surface area contributed by atoms with Crippen LogP contribution in [0.5, 0.6) is 0 Å². The first-order chi connectivity index (χ1) is 4.70. The molecule has 0 aliphatic rings. The van der Waals surface area contributed by atoms with Crippen molar-refractivity contribution in [2.45, 2.75) is 6.92 Å². The number of rotatable bonds is 3. The molecule has 5 N–H and O–H groups in total. The van der Waals surface area contributed by atoms with Gasteiger partial charge in [-0.25, -0.2) is 0 Å². The fourth-order valence-electron chi connectivity index (χ4n) is 0.318. The number of nitrogens with zero attached hydrogens (tertiary/aromatic N) is 1. The third-order valence-corrected chi connectivity index (χ3v) is 2.09. The van der Waals surface area contributed by atoms with Crippen LogP contribution in [-0.2, 0) is 0 Å². The molecule has 0 bridgehead atoms. The Labute approximate surface area is 64.7 Å². The lowest BCUT2D eigenvalue weighted by molar-refractivity contribution is 0.250. The molecule has 0 aromatic carbocycles. The molecule has 0 aliphatic heterocycles. The first-order valence-electron chi connectivity index (χ1n) is 2.97. The van der Waals surface area contributed by atoms with E-state index in [9.17, 15) is 0 Å². The number of amidine groups is 1. The predicted molar refractivity (Wildman–Crippen MR) is 44.5 cm³/mol. The van der Waals surface area contributed by atoms with Gasteiger partial charge in [-0.05, 0) is 5.92 Å². The molecule has 0 radical (unpaired) electrons. The van der Waals surface area contributed by atoms with E-state index in [1.54, 1.807) is 0 Å². The van der Waals surface area contributed by atoms with Gasteiger partial charge in [-0.2, -0.15) is 5.10 Å². The lowest BCUT2D eigenvalue weighted by Gasteiger charge is -2.04. The molecule has 10 heavy (non-hydrogen) atoms. The van der Waals surface area contributed by atoms with Crippen molar-refractivity contribution in [1.82, 2.24) is 0 Å². The Balaban J connectivity index is 3.35. The largest absolute Gasteiger partial charge is 0.396 e. The van der Waals surface area contributed by atoms with E-state index in [2.05, 4.69) is 5.10 Å². The standard InChI is InChI=1S/C5H13N3OS/c1-4(2-9)3-10-5(6)8-7/h4,9H,2-3,7H2,1H3,(H2,6,8). The Morgan fingerprint density at radius 3 is 2.80 bits per heavy atom. The molecule has 0 saturated heterocycles. The minimum atomic E-state index is 0.171. The van der Waals surface area contributed by atoms with Crippen molar-refractivity contribution >= 4 is 16.9 Å². The lowest BCUT2D eigenvalue weighted by Crippen LogP contribution is -2.13. The Hall–Kier alpha value is -0.420. The molecule has 0 aromatic heterocycles. The molecule has 0 amide bonds. The molecule has 1 atom stereocenters. The second-order valence-electron chi connectivity index (χ2n) is 2.07. The lowest BCUT2D eigenvalue weighted by atomic mass is 10.2. The molecule has 0 aliphatic carbocycles. The summed E-state index contributed by atoms with van der Waals surface area (Å²) in [5.41, 5.74) is 5.28. The van der Waals surface area contributed by atoms with Gasteiger partial charge in [-0.3, -0.25) is 0 Å². The van der Waals surface area contributed by atoms with Gasteiger partial charge in [0.05, 0.1) is 0 Å². The normalized spacial score (nSPS) is 15.2. The van der Waals surface area contributed by atoms with Gasteiger partial charge < -0.3 is 16.7 Å². The van der Waals surface area contributed by atoms with Crippen LogP contribution < -0.4 is 11.6 Å². The van der Waals surface area contributed by atoms with Crippen LogP contribution in [-0.4, -0.2) is 22.6 Å². The molecule has 4 nitrogen and oxygen atoms in total. The summed E-state index contributed by atoms with van der Waals surface area (Å²) in [7, 11) is 0. The highest BCUT2D eigenvalue weighted by Crippen LogP contribution is 2.06. The van der Waals surface area contributed by atoms with Crippen molar-refractivity contribution in [2.75, 3.05) is 12.4 Å². The van der Waals surface area contributed by atoms with Crippen molar-refractivity contribution < 1.29 is 5.11 Å². The number of nitrogens with two attached hydrogens (primary N) is 2. The van der Waals surface area contributed by atoms with Crippen molar-refractivity contribution in [3.8, 4) is 0 Å². The first-order valence-corrected chi connectivity index (χ1v) is 3.96. The number of hydrogen-bond donors (Lipinski definition) is 3. The molecule has 0 fully saturated rings. The highest BCUT2D eigenvalue weighted by atomic mass is 32.2. The third kappa shape index (κ3) is 4.46. The van der Waals surface area contributed by atoms with Crippen LogP contribution in [0.1, 0.15) is 6.92 Å². The molecule has 0 heterocycles. The summed E-state index contributed by atoms with van der Waals surface area (Å²) in [5.74, 6) is 5.87. The SMILES string of the molecule is CC(CO)CSC(N)=NN.